The van der Waals surface area contributed by atoms with E-state index >= 15 is 0 Å². The van der Waals surface area contributed by atoms with Crippen molar-refractivity contribution >= 4 is 33.1 Å². The largest absolute Gasteiger partial charge is 3.00 e. The molecule has 0 fully saturated rings. The Morgan fingerprint density at radius 3 is 1.12 bits per heavy atom. The van der Waals surface area contributed by atoms with Crippen LogP contribution in [0.2, 0.25) is 0 Å². The van der Waals surface area contributed by atoms with E-state index < -0.39 is 57.4 Å². The fourth-order valence-electron chi connectivity index (χ4n) is 0.913. The zero-order valence-electron chi connectivity index (χ0n) is 12.2. The molecule has 2 radical (unpaired) electrons. The molecule has 0 saturated carbocycles. The van der Waals surface area contributed by atoms with Crippen molar-refractivity contribution in [1.82, 2.24) is 0 Å². The number of carboxylic acids is 3. The van der Waals surface area contributed by atoms with Gasteiger partial charge in [-0.3, -0.25) is 9.13 Å². The quantitative estimate of drug-likeness (QED) is 0.188. The molecule has 25 heavy (non-hydrogen) atoms. The summed E-state index contributed by atoms with van der Waals surface area (Å²) in [6, 6.07) is 0. The van der Waals surface area contributed by atoms with Crippen LogP contribution in [0, 0.1) is 0 Å². The van der Waals surface area contributed by atoms with Crippen LogP contribution in [0.3, 0.4) is 0 Å². The van der Waals surface area contributed by atoms with Gasteiger partial charge in [-0.25, -0.2) is 0 Å². The van der Waals surface area contributed by atoms with Crippen LogP contribution in [0.4, 0.5) is 0 Å². The van der Waals surface area contributed by atoms with Crippen molar-refractivity contribution in [2.24, 2.45) is 0 Å². The molecule has 0 aromatic heterocycles. The third-order valence-electron chi connectivity index (χ3n) is 1.60. The minimum absolute atomic E-state index is 0. The number of carbonyl (C=O) groups is 3. The molecule has 18 heteroatoms. The van der Waals surface area contributed by atoms with Gasteiger partial charge in [0.25, 0.3) is 0 Å². The zero-order valence-corrected chi connectivity index (χ0v) is 18.2. The zero-order chi connectivity index (χ0) is 18.4. The molecular formula is C7H10Fe2NaO13P2+3. The number of carbonyl (C=O) groups excluding carboxylic acids is 3. The van der Waals surface area contributed by atoms with E-state index in [0.29, 0.717) is 0 Å². The number of hydrogen-bond donors (Lipinski definition) is 4. The molecule has 13 nitrogen and oxygen atoms in total. The van der Waals surface area contributed by atoms with E-state index in [-0.39, 0.29) is 63.7 Å². The van der Waals surface area contributed by atoms with E-state index in [1.807, 2.05) is 0 Å². The van der Waals surface area contributed by atoms with Crippen LogP contribution in [-0.2, 0) is 57.7 Å². The van der Waals surface area contributed by atoms with Gasteiger partial charge in [0, 0.05) is 17.9 Å². The summed E-state index contributed by atoms with van der Waals surface area (Å²) < 4.78 is 19.7. The molecule has 0 spiro atoms. The summed E-state index contributed by atoms with van der Waals surface area (Å²) in [6.07, 6.45) is -2.94. The van der Waals surface area contributed by atoms with Crippen LogP contribution in [0.5, 0.6) is 0 Å². The first-order chi connectivity index (χ1) is 9.48. The van der Waals surface area contributed by atoms with Gasteiger partial charge in [0.15, 0.2) is 5.90 Å². The van der Waals surface area contributed by atoms with Crippen LogP contribution < -0.4 is 50.0 Å². The molecular weight excluding hydrogens is 489 g/mol. The molecule has 0 aliphatic heterocycles. The Bertz CT molecular complexity index is 492. The van der Waals surface area contributed by atoms with Crippen LogP contribution in [0.25, 0.3) is 0 Å². The van der Waals surface area contributed by atoms with Gasteiger partial charge in [0.2, 0.25) is 0 Å². The monoisotopic (exact) mass is 499 g/mol. The minimum atomic E-state index is -4.55. The summed E-state index contributed by atoms with van der Waals surface area (Å²) >= 11 is 0. The molecule has 140 valence electrons. The van der Waals surface area contributed by atoms with Crippen molar-refractivity contribution in [3.8, 4) is 0 Å². The van der Waals surface area contributed by atoms with E-state index in [0.717, 1.165) is 0 Å². The van der Waals surface area contributed by atoms with Crippen LogP contribution in [-0.4, -0.2) is 49.0 Å². The van der Waals surface area contributed by atoms with Gasteiger partial charge in [-0.1, -0.05) is 5.60 Å². The first-order valence-electron chi connectivity index (χ1n) is 4.89. The Kier molecular flexibility index (Phi) is 21.6. The molecule has 0 saturated heterocycles. The molecule has 0 rings (SSSR count). The van der Waals surface area contributed by atoms with Gasteiger partial charge in [-0.15, -0.1) is 0 Å². The number of aliphatic carboxylic acids is 3. The first-order valence-corrected chi connectivity index (χ1v) is 8.49. The fourth-order valence-corrected chi connectivity index (χ4v) is 2.83. The number of carboxylic acid groups (broad SMARTS) is 3. The van der Waals surface area contributed by atoms with E-state index in [4.69, 9.17) is 19.6 Å². The molecule has 0 unspecified atom stereocenters. The number of hydrogen-bond acceptors (Lipinski definition) is 9. The maximum Gasteiger partial charge on any atom is 3.00 e. The summed E-state index contributed by atoms with van der Waals surface area (Å²) in [4.78, 5) is 61.7. The SMILES string of the molecule is O=C([O-])CC([O-])(CC(=O)[O-])C(=O)[O-].O=P(O)(O)CP(=O)(O)O.[Fe+3].[Fe+3].[Na+]. The molecule has 0 heterocycles. The summed E-state index contributed by atoms with van der Waals surface area (Å²) in [5, 5.41) is 40.8. The van der Waals surface area contributed by atoms with Crippen LogP contribution >= 0.6 is 15.2 Å². The Morgan fingerprint density at radius 1 is 0.800 bits per heavy atom. The second-order valence-corrected chi connectivity index (χ2v) is 7.64. The summed E-state index contributed by atoms with van der Waals surface area (Å²) in [5.41, 5.74) is -3.22. The topological polar surface area (TPSA) is 259 Å². The van der Waals surface area contributed by atoms with Crippen molar-refractivity contribution < 1.29 is 127 Å². The van der Waals surface area contributed by atoms with Crippen molar-refractivity contribution in [3.63, 3.8) is 0 Å². The Balaban J connectivity index is -0.0000001000. The van der Waals surface area contributed by atoms with Crippen LogP contribution in [0.1, 0.15) is 12.8 Å². The first kappa shape index (κ1) is 36.6. The van der Waals surface area contributed by atoms with Gasteiger partial charge in [-0.05, 0) is 12.8 Å². The summed E-state index contributed by atoms with van der Waals surface area (Å²) in [6.45, 7) is 0. The average Bonchev–Trinajstić information content (AvgIpc) is 2.08. The van der Waals surface area contributed by atoms with Gasteiger partial charge >= 0.3 is 78.9 Å². The van der Waals surface area contributed by atoms with E-state index in [1.54, 1.807) is 0 Å². The van der Waals surface area contributed by atoms with Crippen molar-refractivity contribution in [2.45, 2.75) is 18.4 Å². The second kappa shape index (κ2) is 14.7. The van der Waals surface area contributed by atoms with Gasteiger partial charge in [0.05, 0.1) is 0 Å². The molecule has 0 aliphatic rings. The van der Waals surface area contributed by atoms with Gasteiger partial charge < -0.3 is 54.4 Å². The van der Waals surface area contributed by atoms with E-state index in [2.05, 4.69) is 0 Å². The molecule has 4 N–H and O–H groups in total. The Labute approximate surface area is 183 Å². The molecule has 0 atom stereocenters. The van der Waals surface area contributed by atoms with Gasteiger partial charge in [-0.2, -0.15) is 0 Å². The van der Waals surface area contributed by atoms with Crippen molar-refractivity contribution in [3.05, 3.63) is 0 Å². The van der Waals surface area contributed by atoms with Crippen LogP contribution in [0.15, 0.2) is 0 Å². The third kappa shape index (κ3) is 24.7. The summed E-state index contributed by atoms with van der Waals surface area (Å²) in [5.74, 6) is -7.60. The predicted octanol–water partition coefficient (Wildman–Crippen LogP) is -9.59. The Hall–Kier alpha value is 0.709. The second-order valence-electron chi connectivity index (χ2n) is 3.85. The third-order valence-corrected chi connectivity index (χ3v) is 4.55. The smallest absolute Gasteiger partial charge is 0.845 e. The van der Waals surface area contributed by atoms with E-state index in [1.165, 1.54) is 0 Å². The van der Waals surface area contributed by atoms with Crippen molar-refractivity contribution in [1.29, 1.82) is 0 Å². The molecule has 0 bridgehead atoms. The van der Waals surface area contributed by atoms with Gasteiger partial charge in [0.1, 0.15) is 0 Å². The molecule has 0 aromatic rings. The number of rotatable bonds is 7. The maximum absolute atomic E-state index is 10.9. The normalized spacial score (nSPS) is 10.6. The Morgan fingerprint density at radius 2 is 1.04 bits per heavy atom. The summed E-state index contributed by atoms with van der Waals surface area (Å²) in [7, 11) is -9.10. The molecule has 0 amide bonds. The fraction of sp³-hybridized carbons (Fsp3) is 0.571. The molecule has 0 aliphatic carbocycles. The molecule has 0 aromatic carbocycles. The van der Waals surface area contributed by atoms with E-state index in [9.17, 15) is 43.9 Å². The average molecular weight is 499 g/mol. The minimum Gasteiger partial charge on any atom is -0.845 e. The van der Waals surface area contributed by atoms with Crippen molar-refractivity contribution in [2.75, 3.05) is 5.90 Å². The predicted molar refractivity (Wildman–Crippen MR) is 55.9 cm³/mol. The standard InChI is InChI=1S/C6H7O7.CH6O6P2.2Fe.Na/c7-3(8)1-6(13,5(11)12)2-4(9)10;2-8(3,4)1-9(5,6)7;;;/h1-2H2,(H,7,8)(H,9,10)(H,11,12);1H2,(H2,2,3,4)(H2,5,6,7);;;/q-1;;2*+3;+1/p-3. The maximum atomic E-state index is 10.9.